The van der Waals surface area contributed by atoms with E-state index in [0.717, 1.165) is 88.8 Å². The van der Waals surface area contributed by atoms with Crippen LogP contribution in [0.15, 0.2) is 197 Å². The van der Waals surface area contributed by atoms with E-state index in [2.05, 4.69) is 175 Å². The minimum absolute atomic E-state index is 0.879. The summed E-state index contributed by atoms with van der Waals surface area (Å²) in [6.45, 7) is 0. The lowest BCUT2D eigenvalue weighted by atomic mass is 9.99. The molecular weight excluding hydrogens is 623 g/mol. The Hall–Kier alpha value is -6.84. The molecule has 10 aromatic rings. The van der Waals surface area contributed by atoms with Crippen LogP contribution in [-0.2, 0) is 0 Å². The summed E-state index contributed by atoms with van der Waals surface area (Å²) in [5.74, 6) is 0. The van der Waals surface area contributed by atoms with E-state index in [9.17, 15) is 0 Å². The van der Waals surface area contributed by atoms with E-state index in [0.29, 0.717) is 0 Å². The lowest BCUT2D eigenvalue weighted by Gasteiger charge is -2.28. The predicted octanol–water partition coefficient (Wildman–Crippen LogP) is 14.0. The van der Waals surface area contributed by atoms with Gasteiger partial charge >= 0.3 is 0 Å². The molecule has 2 heterocycles. The van der Waals surface area contributed by atoms with Gasteiger partial charge in [0.25, 0.3) is 0 Å². The van der Waals surface area contributed by atoms with Gasteiger partial charge in [-0.15, -0.1) is 0 Å². The SMILES string of the molecule is c1ccc(-c2ccccc2N(c2ccc(-c3ccc4oc5c(-c6ccccc6)cccc5c4c3)cc2)c2ccc3oc4ccccc4c3c2)cc1. The zero-order valence-electron chi connectivity index (χ0n) is 27.7. The predicted molar refractivity (Wildman–Crippen MR) is 212 cm³/mol. The van der Waals surface area contributed by atoms with Crippen LogP contribution < -0.4 is 4.90 Å². The van der Waals surface area contributed by atoms with Gasteiger partial charge < -0.3 is 13.7 Å². The van der Waals surface area contributed by atoms with Crippen molar-refractivity contribution in [3.8, 4) is 33.4 Å². The highest BCUT2D eigenvalue weighted by Gasteiger charge is 2.19. The average molecular weight is 654 g/mol. The van der Waals surface area contributed by atoms with E-state index in [1.807, 2.05) is 18.2 Å². The molecule has 51 heavy (non-hydrogen) atoms. The van der Waals surface area contributed by atoms with E-state index in [1.54, 1.807) is 0 Å². The van der Waals surface area contributed by atoms with Crippen molar-refractivity contribution in [1.29, 1.82) is 0 Å². The maximum Gasteiger partial charge on any atom is 0.143 e. The molecule has 0 fully saturated rings. The Morgan fingerprint density at radius 1 is 0.314 bits per heavy atom. The van der Waals surface area contributed by atoms with E-state index < -0.39 is 0 Å². The van der Waals surface area contributed by atoms with Gasteiger partial charge in [0.15, 0.2) is 0 Å². The van der Waals surface area contributed by atoms with Crippen molar-refractivity contribution in [2.75, 3.05) is 4.90 Å². The molecule has 3 nitrogen and oxygen atoms in total. The first-order valence-electron chi connectivity index (χ1n) is 17.3. The number of para-hydroxylation sites is 3. The lowest BCUT2D eigenvalue weighted by Crippen LogP contribution is -2.11. The van der Waals surface area contributed by atoms with Crippen molar-refractivity contribution in [1.82, 2.24) is 0 Å². The number of nitrogens with zero attached hydrogens (tertiary/aromatic N) is 1. The van der Waals surface area contributed by atoms with Crippen LogP contribution in [0.2, 0.25) is 0 Å². The van der Waals surface area contributed by atoms with Gasteiger partial charge in [-0.2, -0.15) is 0 Å². The summed E-state index contributed by atoms with van der Waals surface area (Å²) < 4.78 is 12.7. The van der Waals surface area contributed by atoms with E-state index >= 15 is 0 Å². The third kappa shape index (κ3) is 4.98. The summed E-state index contributed by atoms with van der Waals surface area (Å²) in [6, 6.07) is 66.2. The quantitative estimate of drug-likeness (QED) is 0.179. The van der Waals surface area contributed by atoms with Crippen molar-refractivity contribution < 1.29 is 8.83 Å². The molecule has 0 saturated heterocycles. The highest BCUT2D eigenvalue weighted by molar-refractivity contribution is 6.11. The zero-order valence-corrected chi connectivity index (χ0v) is 27.7. The molecule has 0 spiro atoms. The third-order valence-corrected chi connectivity index (χ3v) is 9.89. The number of furan rings is 2. The third-order valence-electron chi connectivity index (χ3n) is 9.89. The Morgan fingerprint density at radius 2 is 0.882 bits per heavy atom. The van der Waals surface area contributed by atoms with Crippen molar-refractivity contribution in [3.63, 3.8) is 0 Å². The van der Waals surface area contributed by atoms with Crippen molar-refractivity contribution in [2.24, 2.45) is 0 Å². The Balaban J connectivity index is 1.10. The van der Waals surface area contributed by atoms with Crippen LogP contribution in [0, 0.1) is 0 Å². The molecule has 0 radical (unpaired) electrons. The fourth-order valence-corrected chi connectivity index (χ4v) is 7.44. The van der Waals surface area contributed by atoms with Crippen LogP contribution in [0.5, 0.6) is 0 Å². The van der Waals surface area contributed by atoms with Gasteiger partial charge in [0, 0.05) is 44.0 Å². The standard InChI is InChI=1S/C48H31NO2/c1-3-12-33(13-4-1)38-16-7-9-20-44(38)49(37-27-29-46-43(31-37)40-17-8-10-21-45(40)50-46)36-25-22-32(23-26-36)35-24-28-47-42(30-35)41-19-11-18-39(48(41)51-47)34-14-5-2-6-15-34/h1-31H. The minimum Gasteiger partial charge on any atom is -0.456 e. The topological polar surface area (TPSA) is 29.5 Å². The highest BCUT2D eigenvalue weighted by Crippen LogP contribution is 2.44. The van der Waals surface area contributed by atoms with Gasteiger partial charge in [0.1, 0.15) is 22.3 Å². The number of anilines is 3. The van der Waals surface area contributed by atoms with E-state index in [-0.39, 0.29) is 0 Å². The van der Waals surface area contributed by atoms with Crippen LogP contribution in [0.25, 0.3) is 77.3 Å². The second-order valence-electron chi connectivity index (χ2n) is 12.9. The van der Waals surface area contributed by atoms with Crippen LogP contribution >= 0.6 is 0 Å². The van der Waals surface area contributed by atoms with Crippen molar-refractivity contribution >= 4 is 60.9 Å². The fraction of sp³-hybridized carbons (Fsp3) is 0. The Labute approximate surface area is 295 Å². The number of fused-ring (bicyclic) bond motifs is 6. The normalized spacial score (nSPS) is 11.5. The van der Waals surface area contributed by atoms with Gasteiger partial charge in [-0.3, -0.25) is 0 Å². The molecule has 3 heteroatoms. The number of hydrogen-bond donors (Lipinski definition) is 0. The van der Waals surface area contributed by atoms with E-state index in [1.165, 1.54) is 5.56 Å². The molecule has 0 aliphatic heterocycles. The van der Waals surface area contributed by atoms with E-state index in [4.69, 9.17) is 8.83 Å². The van der Waals surface area contributed by atoms with Crippen molar-refractivity contribution in [2.45, 2.75) is 0 Å². The molecule has 240 valence electrons. The van der Waals surface area contributed by atoms with Gasteiger partial charge in [0.05, 0.1) is 5.69 Å². The first-order chi connectivity index (χ1) is 25.3. The monoisotopic (exact) mass is 653 g/mol. The molecule has 0 saturated carbocycles. The fourth-order valence-electron chi connectivity index (χ4n) is 7.44. The first kappa shape index (κ1) is 29.1. The second kappa shape index (κ2) is 11.9. The van der Waals surface area contributed by atoms with Crippen molar-refractivity contribution in [3.05, 3.63) is 188 Å². The van der Waals surface area contributed by atoms with Crippen LogP contribution in [0.1, 0.15) is 0 Å². The molecule has 0 bridgehead atoms. The molecule has 0 N–H and O–H groups in total. The maximum atomic E-state index is 6.46. The van der Waals surface area contributed by atoms with Gasteiger partial charge in [-0.1, -0.05) is 133 Å². The zero-order chi connectivity index (χ0) is 33.7. The molecule has 8 aromatic carbocycles. The van der Waals surface area contributed by atoms with Gasteiger partial charge in [-0.25, -0.2) is 0 Å². The number of hydrogen-bond acceptors (Lipinski definition) is 3. The van der Waals surface area contributed by atoms with Gasteiger partial charge in [0.2, 0.25) is 0 Å². The molecule has 0 amide bonds. The summed E-state index contributed by atoms with van der Waals surface area (Å²) in [6.07, 6.45) is 0. The number of rotatable bonds is 6. The maximum absolute atomic E-state index is 6.46. The molecule has 2 aromatic heterocycles. The highest BCUT2D eigenvalue weighted by atomic mass is 16.3. The second-order valence-corrected chi connectivity index (χ2v) is 12.9. The van der Waals surface area contributed by atoms with Gasteiger partial charge in [-0.05, 0) is 76.9 Å². The van der Waals surface area contributed by atoms with Crippen LogP contribution in [0.4, 0.5) is 17.1 Å². The summed E-state index contributed by atoms with van der Waals surface area (Å²) in [5.41, 5.74) is 13.7. The molecule has 0 aliphatic rings. The average Bonchev–Trinajstić information content (AvgIpc) is 3.77. The minimum atomic E-state index is 0.879. The first-order valence-corrected chi connectivity index (χ1v) is 17.3. The molecule has 0 aliphatic carbocycles. The number of benzene rings is 8. The molecule has 0 unspecified atom stereocenters. The van der Waals surface area contributed by atoms with Crippen LogP contribution in [-0.4, -0.2) is 0 Å². The lowest BCUT2D eigenvalue weighted by molar-refractivity contribution is 0.669. The summed E-state index contributed by atoms with van der Waals surface area (Å²) in [4.78, 5) is 2.35. The molecule has 0 atom stereocenters. The van der Waals surface area contributed by atoms with Crippen LogP contribution in [0.3, 0.4) is 0 Å². The summed E-state index contributed by atoms with van der Waals surface area (Å²) >= 11 is 0. The Morgan fingerprint density at radius 3 is 1.71 bits per heavy atom. The summed E-state index contributed by atoms with van der Waals surface area (Å²) in [5, 5.41) is 4.44. The largest absolute Gasteiger partial charge is 0.456 e. The molecular formula is C48H31NO2. The smallest absolute Gasteiger partial charge is 0.143 e. The Kier molecular flexibility index (Phi) is 6.81. The summed E-state index contributed by atoms with van der Waals surface area (Å²) in [7, 11) is 0. The molecule has 10 rings (SSSR count). The Bertz CT molecular complexity index is 2850.